The van der Waals surface area contributed by atoms with Crippen molar-refractivity contribution in [3.8, 4) is 0 Å². The smallest absolute Gasteiger partial charge is 0.0934 e. The highest BCUT2D eigenvalue weighted by molar-refractivity contribution is 7.16. The lowest BCUT2D eigenvalue weighted by Crippen LogP contribution is -2.24. The second-order valence-electron chi connectivity index (χ2n) is 9.36. The predicted octanol–water partition coefficient (Wildman–Crippen LogP) is 10.9. The lowest BCUT2D eigenvalue weighted by atomic mass is 9.85. The van der Waals surface area contributed by atoms with E-state index >= 15 is 0 Å². The minimum atomic E-state index is 0.935. The van der Waals surface area contributed by atoms with Crippen molar-refractivity contribution >= 4 is 22.9 Å². The first-order valence-electron chi connectivity index (χ1n) is 13.8. The summed E-state index contributed by atoms with van der Waals surface area (Å²) in [5.74, 6) is 0.969. The molecule has 2 aliphatic rings. The molecule has 3 heteroatoms. The first-order valence-corrected chi connectivity index (χ1v) is 15.0. The van der Waals surface area contributed by atoms with Crippen molar-refractivity contribution in [3.05, 3.63) is 95.2 Å². The maximum atomic E-state index is 5.90. The number of likely N-dealkylation sites (N-methyl/N-ethyl adjacent to an activating group) is 1. The summed E-state index contributed by atoms with van der Waals surface area (Å²) in [7, 11) is 2.15. The van der Waals surface area contributed by atoms with Crippen LogP contribution in [0.2, 0.25) is 4.34 Å². The predicted molar refractivity (Wildman–Crippen MR) is 168 cm³/mol. The lowest BCUT2D eigenvalue weighted by Gasteiger charge is -2.21. The molecule has 0 amide bonds. The average molecular weight is 530 g/mol. The van der Waals surface area contributed by atoms with E-state index in [1.165, 1.54) is 86.8 Å². The molecular formula is C33H52ClNS. The number of fused-ring (bicyclic) bond motifs is 1. The van der Waals surface area contributed by atoms with Crippen LogP contribution in [0.3, 0.4) is 0 Å². The summed E-state index contributed by atoms with van der Waals surface area (Å²) < 4.78 is 0.935. The van der Waals surface area contributed by atoms with Crippen LogP contribution in [0.25, 0.3) is 0 Å². The summed E-state index contributed by atoms with van der Waals surface area (Å²) in [5, 5.41) is 0. The fourth-order valence-electron chi connectivity index (χ4n) is 4.25. The van der Waals surface area contributed by atoms with Crippen LogP contribution in [0, 0.1) is 5.92 Å². The van der Waals surface area contributed by atoms with Crippen molar-refractivity contribution in [2.75, 3.05) is 13.6 Å². The number of thiophene rings is 1. The Labute approximate surface area is 233 Å². The molecule has 1 nitrogen and oxygen atoms in total. The zero-order valence-corrected chi connectivity index (χ0v) is 25.0. The lowest BCUT2D eigenvalue weighted by molar-refractivity contribution is 0.317. The van der Waals surface area contributed by atoms with Gasteiger partial charge in [0, 0.05) is 18.0 Å². The summed E-state index contributed by atoms with van der Waals surface area (Å²) >= 11 is 7.62. The SMILES string of the molecule is C=C.C=CC=C.CCCCCC.CN1CCc2cc(Cl)sc2C1.c1ccc(CC2CCCCC2)cc1. The fourth-order valence-corrected chi connectivity index (χ4v) is 5.67. The highest BCUT2D eigenvalue weighted by Crippen LogP contribution is 2.30. The van der Waals surface area contributed by atoms with Gasteiger partial charge in [-0.3, -0.25) is 0 Å². The summed E-state index contributed by atoms with van der Waals surface area (Å²) in [5.41, 5.74) is 2.98. The second kappa shape index (κ2) is 23.8. The maximum absolute atomic E-state index is 5.90. The number of allylic oxidation sites excluding steroid dienone is 2. The molecule has 0 atom stereocenters. The van der Waals surface area contributed by atoms with Gasteiger partial charge in [0.2, 0.25) is 0 Å². The Kier molecular flexibility index (Phi) is 22.7. The standard InChI is InChI=1S/C13H18.C8H10ClNS.C6H14.C4H6.C2H4/c1-3-7-12(8-4-1)11-13-9-5-2-6-10-13;1-10-3-2-6-4-8(9)11-7(6)5-10;1-3-5-6-4-2;1-3-4-2;1-2/h1,3-4,7-8,13H,2,5-6,9-11H2;4H,2-3,5H2,1H3;3-6H2,1-2H3;3-4H,1-2H2;1-2H2. The third kappa shape index (κ3) is 17.0. The van der Waals surface area contributed by atoms with Gasteiger partial charge in [0.05, 0.1) is 4.34 Å². The number of rotatable bonds is 6. The fraction of sp³-hybridized carbons (Fsp3) is 0.515. The van der Waals surface area contributed by atoms with Crippen LogP contribution >= 0.6 is 22.9 Å². The van der Waals surface area contributed by atoms with Crippen LogP contribution in [-0.4, -0.2) is 18.5 Å². The molecule has 0 saturated heterocycles. The molecule has 202 valence electrons. The summed E-state index contributed by atoms with van der Waals surface area (Å²) in [6.45, 7) is 19.4. The Bertz CT molecular complexity index is 766. The van der Waals surface area contributed by atoms with Gasteiger partial charge in [0.1, 0.15) is 0 Å². The molecule has 0 bridgehead atoms. The second-order valence-corrected chi connectivity index (χ2v) is 11.1. The van der Waals surface area contributed by atoms with E-state index in [9.17, 15) is 0 Å². The van der Waals surface area contributed by atoms with E-state index in [4.69, 9.17) is 11.6 Å². The number of hydrogen-bond donors (Lipinski definition) is 0. The average Bonchev–Trinajstić information content (AvgIpc) is 3.30. The molecule has 2 aromatic rings. The van der Waals surface area contributed by atoms with Gasteiger partial charge in [0.15, 0.2) is 0 Å². The van der Waals surface area contributed by atoms with Crippen LogP contribution in [0.5, 0.6) is 0 Å². The van der Waals surface area contributed by atoms with Crippen LogP contribution in [0.1, 0.15) is 87.6 Å². The van der Waals surface area contributed by atoms with Gasteiger partial charge in [-0.2, -0.15) is 0 Å². The quantitative estimate of drug-likeness (QED) is 0.204. The molecule has 0 radical (unpaired) electrons. The van der Waals surface area contributed by atoms with Crippen LogP contribution in [0.4, 0.5) is 0 Å². The van der Waals surface area contributed by atoms with E-state index in [0.29, 0.717) is 0 Å². The van der Waals surface area contributed by atoms with Gasteiger partial charge in [-0.1, -0.05) is 139 Å². The third-order valence-corrected chi connectivity index (χ3v) is 7.55. The van der Waals surface area contributed by atoms with Crippen molar-refractivity contribution in [1.29, 1.82) is 0 Å². The van der Waals surface area contributed by atoms with Crippen molar-refractivity contribution < 1.29 is 0 Å². The van der Waals surface area contributed by atoms with Crippen LogP contribution in [-0.2, 0) is 19.4 Å². The van der Waals surface area contributed by atoms with Gasteiger partial charge in [-0.25, -0.2) is 0 Å². The Morgan fingerprint density at radius 2 is 1.56 bits per heavy atom. The Hall–Kier alpha value is -1.61. The van der Waals surface area contributed by atoms with E-state index in [2.05, 4.69) is 88.5 Å². The van der Waals surface area contributed by atoms with Gasteiger partial charge >= 0.3 is 0 Å². The molecule has 0 N–H and O–H groups in total. The van der Waals surface area contributed by atoms with Crippen molar-refractivity contribution in [1.82, 2.24) is 4.90 Å². The first kappa shape index (κ1) is 34.4. The minimum absolute atomic E-state index is 0.935. The number of halogens is 1. The number of benzene rings is 1. The molecule has 1 aromatic heterocycles. The molecule has 0 unspecified atom stereocenters. The molecule has 1 aliphatic carbocycles. The summed E-state index contributed by atoms with van der Waals surface area (Å²) in [6, 6.07) is 13.0. The largest absolute Gasteiger partial charge is 0.301 e. The van der Waals surface area contributed by atoms with Crippen LogP contribution in [0.15, 0.2) is 74.9 Å². The molecule has 1 aromatic carbocycles. The van der Waals surface area contributed by atoms with Crippen molar-refractivity contribution in [2.45, 2.75) is 91.0 Å². The molecule has 0 spiro atoms. The number of unbranched alkanes of at least 4 members (excludes halogenated alkanes) is 3. The number of nitrogens with zero attached hydrogens (tertiary/aromatic N) is 1. The van der Waals surface area contributed by atoms with E-state index in [-0.39, 0.29) is 0 Å². The zero-order chi connectivity index (χ0) is 27.0. The van der Waals surface area contributed by atoms with Gasteiger partial charge < -0.3 is 4.90 Å². The van der Waals surface area contributed by atoms with Gasteiger partial charge in [-0.05, 0) is 43.0 Å². The monoisotopic (exact) mass is 529 g/mol. The molecule has 2 heterocycles. The normalized spacial score (nSPS) is 14.6. The van der Waals surface area contributed by atoms with Crippen molar-refractivity contribution in [3.63, 3.8) is 0 Å². The highest BCUT2D eigenvalue weighted by atomic mass is 35.5. The van der Waals surface area contributed by atoms with Gasteiger partial charge in [0.25, 0.3) is 0 Å². The molecule has 1 fully saturated rings. The number of hydrogen-bond acceptors (Lipinski definition) is 2. The maximum Gasteiger partial charge on any atom is 0.0934 e. The Morgan fingerprint density at radius 1 is 0.972 bits per heavy atom. The molecule has 36 heavy (non-hydrogen) atoms. The molecular weight excluding hydrogens is 478 g/mol. The zero-order valence-electron chi connectivity index (χ0n) is 23.5. The highest BCUT2D eigenvalue weighted by Gasteiger charge is 2.15. The summed E-state index contributed by atoms with van der Waals surface area (Å²) in [4.78, 5) is 3.78. The van der Waals surface area contributed by atoms with Crippen LogP contribution < -0.4 is 0 Å². The Balaban J connectivity index is 0.000000482. The Morgan fingerprint density at radius 3 is 2.08 bits per heavy atom. The molecule has 1 aliphatic heterocycles. The third-order valence-electron chi connectivity index (χ3n) is 6.26. The first-order chi connectivity index (χ1) is 17.5. The van der Waals surface area contributed by atoms with E-state index in [1.54, 1.807) is 23.5 Å². The minimum Gasteiger partial charge on any atom is -0.301 e. The molecule has 4 rings (SSSR count). The van der Waals surface area contributed by atoms with E-state index in [0.717, 1.165) is 23.2 Å². The van der Waals surface area contributed by atoms with E-state index in [1.807, 2.05) is 0 Å². The topological polar surface area (TPSA) is 3.24 Å². The van der Waals surface area contributed by atoms with Crippen molar-refractivity contribution in [2.24, 2.45) is 5.92 Å². The molecule has 1 saturated carbocycles. The van der Waals surface area contributed by atoms with E-state index < -0.39 is 0 Å². The summed E-state index contributed by atoms with van der Waals surface area (Å²) in [6.07, 6.45) is 18.6. The van der Waals surface area contributed by atoms with Gasteiger partial charge in [-0.15, -0.1) is 24.5 Å².